The highest BCUT2D eigenvalue weighted by atomic mass is 16.5. The molecule has 0 amide bonds. The molecular weight excluding hydrogens is 340 g/mol. The Labute approximate surface area is 155 Å². The molecule has 132 valence electrons. The highest BCUT2D eigenvalue weighted by Gasteiger charge is 2.10. The Kier molecular flexibility index (Phi) is 4.49. The number of carbonyl (C=O) groups excluding carboxylic acids is 1. The number of ether oxygens (including phenoxy) is 1. The van der Waals surface area contributed by atoms with Gasteiger partial charge >= 0.3 is 5.97 Å². The van der Waals surface area contributed by atoms with Gasteiger partial charge in [-0.2, -0.15) is 0 Å². The van der Waals surface area contributed by atoms with Crippen molar-refractivity contribution < 1.29 is 9.53 Å². The Morgan fingerprint density at radius 3 is 2.30 bits per heavy atom. The number of hydrogen-bond acceptors (Lipinski definition) is 4. The third-order valence-electron chi connectivity index (χ3n) is 4.23. The smallest absolute Gasteiger partial charge is 0.338 e. The molecule has 1 aromatic heterocycles. The highest BCUT2D eigenvalue weighted by molar-refractivity contribution is 5.90. The first-order valence-electron chi connectivity index (χ1n) is 8.51. The van der Waals surface area contributed by atoms with Gasteiger partial charge in [-0.25, -0.2) is 9.78 Å². The second-order valence-corrected chi connectivity index (χ2v) is 6.05. The predicted molar refractivity (Wildman–Crippen MR) is 103 cm³/mol. The zero-order valence-corrected chi connectivity index (χ0v) is 14.4. The summed E-state index contributed by atoms with van der Waals surface area (Å²) in [6.07, 6.45) is 0. The van der Waals surface area contributed by atoms with Crippen molar-refractivity contribution in [3.8, 4) is 11.1 Å². The van der Waals surface area contributed by atoms with E-state index in [9.17, 15) is 9.59 Å². The van der Waals surface area contributed by atoms with Crippen LogP contribution in [0.1, 0.15) is 16.2 Å². The fourth-order valence-corrected chi connectivity index (χ4v) is 2.85. The van der Waals surface area contributed by atoms with Crippen LogP contribution < -0.4 is 5.56 Å². The van der Waals surface area contributed by atoms with Crippen LogP contribution in [-0.2, 0) is 11.3 Å². The van der Waals surface area contributed by atoms with E-state index in [2.05, 4.69) is 9.97 Å². The summed E-state index contributed by atoms with van der Waals surface area (Å²) in [4.78, 5) is 31.3. The van der Waals surface area contributed by atoms with Gasteiger partial charge in [0, 0.05) is 0 Å². The van der Waals surface area contributed by atoms with Crippen LogP contribution in [0.25, 0.3) is 22.0 Å². The standard InChI is InChI=1S/C22H16N2O3/c25-21-18-8-4-5-9-19(18)23-20(24-21)14-27-22(26)17-12-10-16(11-13-17)15-6-2-1-3-7-15/h1-13H,14H2,(H,23,24,25). The van der Waals surface area contributed by atoms with Gasteiger partial charge in [-0.1, -0.05) is 54.6 Å². The lowest BCUT2D eigenvalue weighted by Gasteiger charge is -2.07. The number of benzene rings is 3. The molecule has 0 spiro atoms. The van der Waals surface area contributed by atoms with E-state index in [1.165, 1.54) is 0 Å². The monoisotopic (exact) mass is 356 g/mol. The van der Waals surface area contributed by atoms with Crippen molar-refractivity contribution in [2.45, 2.75) is 6.61 Å². The lowest BCUT2D eigenvalue weighted by atomic mass is 10.0. The second kappa shape index (κ2) is 7.25. The van der Waals surface area contributed by atoms with Gasteiger partial charge in [0.05, 0.1) is 16.5 Å². The number of H-pyrrole nitrogens is 1. The number of aromatic nitrogens is 2. The summed E-state index contributed by atoms with van der Waals surface area (Å²) in [5, 5.41) is 0.504. The molecule has 0 saturated heterocycles. The Morgan fingerprint density at radius 2 is 1.52 bits per heavy atom. The largest absolute Gasteiger partial charge is 0.454 e. The van der Waals surface area contributed by atoms with E-state index >= 15 is 0 Å². The van der Waals surface area contributed by atoms with Gasteiger partial charge in [0.15, 0.2) is 0 Å². The molecule has 1 heterocycles. The SMILES string of the molecule is O=C(OCc1nc2ccccc2c(=O)[nH]1)c1ccc(-c2ccccc2)cc1. The minimum absolute atomic E-state index is 0.0979. The average molecular weight is 356 g/mol. The predicted octanol–water partition coefficient (Wildman–Crippen LogP) is 3.95. The molecule has 0 atom stereocenters. The van der Waals surface area contributed by atoms with Crippen molar-refractivity contribution in [3.05, 3.63) is 101 Å². The lowest BCUT2D eigenvalue weighted by Crippen LogP contribution is -2.14. The molecule has 0 unspecified atom stereocenters. The third kappa shape index (κ3) is 3.62. The maximum atomic E-state index is 12.3. The lowest BCUT2D eigenvalue weighted by molar-refractivity contribution is 0.0462. The molecule has 5 nitrogen and oxygen atoms in total. The molecule has 3 aromatic carbocycles. The van der Waals surface area contributed by atoms with Crippen molar-refractivity contribution in [1.82, 2.24) is 9.97 Å². The van der Waals surface area contributed by atoms with Gasteiger partial charge in [0.2, 0.25) is 0 Å². The van der Waals surface area contributed by atoms with Crippen LogP contribution >= 0.6 is 0 Å². The molecule has 0 aliphatic carbocycles. The Hall–Kier alpha value is -3.73. The Balaban J connectivity index is 1.47. The van der Waals surface area contributed by atoms with Crippen LogP contribution in [0.5, 0.6) is 0 Å². The molecule has 1 N–H and O–H groups in total. The van der Waals surface area contributed by atoms with Crippen molar-refractivity contribution >= 4 is 16.9 Å². The molecule has 5 heteroatoms. The number of esters is 1. The molecule has 27 heavy (non-hydrogen) atoms. The van der Waals surface area contributed by atoms with E-state index in [0.29, 0.717) is 22.3 Å². The van der Waals surface area contributed by atoms with E-state index in [-0.39, 0.29) is 12.2 Å². The molecule has 0 saturated carbocycles. The van der Waals surface area contributed by atoms with Crippen molar-refractivity contribution in [3.63, 3.8) is 0 Å². The molecule has 0 bridgehead atoms. The normalized spacial score (nSPS) is 10.7. The van der Waals surface area contributed by atoms with Crippen LogP contribution in [0, 0.1) is 0 Å². The molecular formula is C22H16N2O3. The van der Waals surface area contributed by atoms with E-state index in [1.807, 2.05) is 42.5 Å². The van der Waals surface area contributed by atoms with Gasteiger partial charge in [0.25, 0.3) is 5.56 Å². The average Bonchev–Trinajstić information content (AvgIpc) is 2.73. The maximum Gasteiger partial charge on any atom is 0.338 e. The summed E-state index contributed by atoms with van der Waals surface area (Å²) in [5.74, 6) is -0.154. The third-order valence-corrected chi connectivity index (χ3v) is 4.23. The number of fused-ring (bicyclic) bond motifs is 1. The van der Waals surface area contributed by atoms with Crippen LogP contribution in [0.4, 0.5) is 0 Å². The molecule has 4 aromatic rings. The highest BCUT2D eigenvalue weighted by Crippen LogP contribution is 2.19. The van der Waals surface area contributed by atoms with Crippen molar-refractivity contribution in [2.75, 3.05) is 0 Å². The van der Waals surface area contributed by atoms with Crippen LogP contribution in [0.3, 0.4) is 0 Å². The van der Waals surface area contributed by atoms with E-state index in [4.69, 9.17) is 4.74 Å². The summed E-state index contributed by atoms with van der Waals surface area (Å²) in [5.41, 5.74) is 2.86. The number of carbonyl (C=O) groups is 1. The summed E-state index contributed by atoms with van der Waals surface area (Å²) in [7, 11) is 0. The minimum Gasteiger partial charge on any atom is -0.454 e. The van der Waals surface area contributed by atoms with Gasteiger partial charge in [-0.05, 0) is 35.4 Å². The number of hydrogen-bond donors (Lipinski definition) is 1. The number of para-hydroxylation sites is 1. The molecule has 0 aliphatic rings. The summed E-state index contributed by atoms with van der Waals surface area (Å²) in [6, 6.07) is 24.1. The van der Waals surface area contributed by atoms with Gasteiger partial charge in [0.1, 0.15) is 12.4 Å². The first kappa shape index (κ1) is 16.7. The fourth-order valence-electron chi connectivity index (χ4n) is 2.85. The summed E-state index contributed by atoms with van der Waals surface area (Å²) < 4.78 is 5.29. The van der Waals surface area contributed by atoms with Gasteiger partial charge in [-0.15, -0.1) is 0 Å². The quantitative estimate of drug-likeness (QED) is 0.562. The summed E-state index contributed by atoms with van der Waals surface area (Å²) in [6.45, 7) is -0.0979. The first-order chi connectivity index (χ1) is 13.2. The topological polar surface area (TPSA) is 72.0 Å². The molecule has 0 radical (unpaired) electrons. The second-order valence-electron chi connectivity index (χ2n) is 6.05. The van der Waals surface area contributed by atoms with Crippen LogP contribution in [0.15, 0.2) is 83.7 Å². The van der Waals surface area contributed by atoms with Gasteiger partial charge in [-0.3, -0.25) is 4.79 Å². The van der Waals surface area contributed by atoms with Gasteiger partial charge < -0.3 is 9.72 Å². The van der Waals surface area contributed by atoms with Crippen LogP contribution in [-0.4, -0.2) is 15.9 Å². The Bertz CT molecular complexity index is 1150. The molecule has 4 rings (SSSR count). The number of nitrogens with one attached hydrogen (secondary N) is 1. The number of aromatic amines is 1. The van der Waals surface area contributed by atoms with Crippen LogP contribution in [0.2, 0.25) is 0 Å². The fraction of sp³-hybridized carbons (Fsp3) is 0.0455. The zero-order chi connectivity index (χ0) is 18.6. The number of nitrogens with zero attached hydrogens (tertiary/aromatic N) is 1. The molecule has 0 aliphatic heterocycles. The van der Waals surface area contributed by atoms with E-state index in [1.54, 1.807) is 36.4 Å². The maximum absolute atomic E-state index is 12.3. The summed E-state index contributed by atoms with van der Waals surface area (Å²) >= 11 is 0. The Morgan fingerprint density at radius 1 is 0.852 bits per heavy atom. The van der Waals surface area contributed by atoms with Crippen molar-refractivity contribution in [1.29, 1.82) is 0 Å². The zero-order valence-electron chi connectivity index (χ0n) is 14.4. The first-order valence-corrected chi connectivity index (χ1v) is 8.51. The number of rotatable bonds is 4. The minimum atomic E-state index is -0.467. The van der Waals surface area contributed by atoms with Crippen molar-refractivity contribution in [2.24, 2.45) is 0 Å². The van der Waals surface area contributed by atoms with E-state index < -0.39 is 5.97 Å². The van der Waals surface area contributed by atoms with E-state index in [0.717, 1.165) is 11.1 Å². The molecule has 0 fully saturated rings.